The maximum Gasteiger partial charge on any atom is 0.148 e. The molecule has 1 aromatic heterocycles. The van der Waals surface area contributed by atoms with Crippen LogP contribution >= 0.6 is 11.6 Å². The van der Waals surface area contributed by atoms with E-state index in [-0.39, 0.29) is 6.04 Å². The van der Waals surface area contributed by atoms with Crippen LogP contribution in [0.5, 0.6) is 0 Å². The Bertz CT molecular complexity index is 2020. The maximum atomic E-state index is 10.1. The first-order valence-electron chi connectivity index (χ1n) is 14.8. The third-order valence-corrected chi connectivity index (χ3v) is 8.86. The van der Waals surface area contributed by atoms with Gasteiger partial charge in [0.1, 0.15) is 19.5 Å². The molecule has 1 aliphatic carbocycles. The van der Waals surface area contributed by atoms with Crippen LogP contribution in [0.2, 0.25) is 5.02 Å². The zero-order chi connectivity index (χ0) is 32.3. The molecule has 0 amide bonds. The molecule has 10 nitrogen and oxygen atoms in total. The lowest BCUT2D eigenvalue weighted by molar-refractivity contribution is 0.216. The van der Waals surface area contributed by atoms with Gasteiger partial charge >= 0.3 is 0 Å². The SMILES string of the molecule is BC(Nc1cc(Cl)c2ncc(C#N)c(N[C@H](CCC#N)c3ccccc3)c2c1)(C1=CN(C2(C#N)CC2)NN1)c1cccc(C#N)c1. The van der Waals surface area contributed by atoms with Crippen molar-refractivity contribution in [1.29, 1.82) is 21.0 Å². The number of pyridine rings is 1. The smallest absolute Gasteiger partial charge is 0.148 e. The molecular formula is C34H28BClN10. The van der Waals surface area contributed by atoms with Crippen LogP contribution in [-0.4, -0.2) is 23.4 Å². The molecule has 1 unspecified atom stereocenters. The van der Waals surface area contributed by atoms with E-state index in [4.69, 9.17) is 11.6 Å². The molecular weight excluding hydrogens is 595 g/mol. The monoisotopic (exact) mass is 622 g/mol. The van der Waals surface area contributed by atoms with Crippen molar-refractivity contribution in [3.05, 3.63) is 112 Å². The third-order valence-electron chi connectivity index (χ3n) is 8.57. The summed E-state index contributed by atoms with van der Waals surface area (Å²) in [7, 11) is 1.98. The molecule has 1 fully saturated rings. The van der Waals surface area contributed by atoms with Crippen LogP contribution in [-0.2, 0) is 5.44 Å². The highest BCUT2D eigenvalue weighted by molar-refractivity contribution is 6.36. The Morgan fingerprint density at radius 2 is 1.85 bits per heavy atom. The van der Waals surface area contributed by atoms with E-state index in [0.717, 1.165) is 29.7 Å². The molecule has 3 aromatic carbocycles. The molecule has 6 rings (SSSR count). The van der Waals surface area contributed by atoms with Gasteiger partial charge in [-0.1, -0.05) is 54.1 Å². The number of rotatable bonds is 10. The van der Waals surface area contributed by atoms with Crippen LogP contribution < -0.4 is 21.6 Å². The average Bonchev–Trinajstić information content (AvgIpc) is 3.72. The Balaban J connectivity index is 1.46. The Morgan fingerprint density at radius 1 is 1.04 bits per heavy atom. The number of nitriles is 4. The van der Waals surface area contributed by atoms with E-state index in [2.05, 4.69) is 50.9 Å². The molecule has 1 saturated carbocycles. The molecule has 46 heavy (non-hydrogen) atoms. The number of anilines is 2. The van der Waals surface area contributed by atoms with Gasteiger partial charge in [0.25, 0.3) is 0 Å². The van der Waals surface area contributed by atoms with Gasteiger partial charge in [0, 0.05) is 29.9 Å². The number of hydrazine groups is 2. The fourth-order valence-corrected chi connectivity index (χ4v) is 6.04. The zero-order valence-electron chi connectivity index (χ0n) is 25.0. The molecule has 2 atom stereocenters. The topological polar surface area (TPSA) is 159 Å². The molecule has 4 N–H and O–H groups in total. The molecule has 224 valence electrons. The van der Waals surface area contributed by atoms with Gasteiger partial charge in [-0.15, -0.1) is 5.53 Å². The summed E-state index contributed by atoms with van der Waals surface area (Å²) < 4.78 is 0. The largest absolute Gasteiger partial charge is 0.378 e. The van der Waals surface area contributed by atoms with Gasteiger partial charge in [0.05, 0.1) is 62.7 Å². The first-order valence-corrected chi connectivity index (χ1v) is 15.2. The molecule has 2 aliphatic rings. The second-order valence-corrected chi connectivity index (χ2v) is 12.0. The normalized spacial score (nSPS) is 16.4. The highest BCUT2D eigenvalue weighted by atomic mass is 35.5. The lowest BCUT2D eigenvalue weighted by Gasteiger charge is -2.34. The van der Waals surface area contributed by atoms with Gasteiger partial charge < -0.3 is 16.1 Å². The van der Waals surface area contributed by atoms with Gasteiger partial charge in [-0.05, 0) is 54.7 Å². The second kappa shape index (κ2) is 12.3. The van der Waals surface area contributed by atoms with E-state index in [0.29, 0.717) is 51.3 Å². The molecule has 2 heterocycles. The minimum Gasteiger partial charge on any atom is -0.378 e. The Kier molecular flexibility index (Phi) is 8.14. The first-order chi connectivity index (χ1) is 22.3. The zero-order valence-corrected chi connectivity index (χ0v) is 25.7. The number of benzene rings is 3. The number of nitrogens with zero attached hydrogens (tertiary/aromatic N) is 6. The maximum absolute atomic E-state index is 10.1. The fourth-order valence-electron chi connectivity index (χ4n) is 5.77. The predicted molar refractivity (Wildman–Crippen MR) is 178 cm³/mol. The van der Waals surface area contributed by atoms with E-state index < -0.39 is 11.0 Å². The number of halogens is 1. The number of aromatic nitrogens is 1. The van der Waals surface area contributed by atoms with Crippen molar-refractivity contribution < 1.29 is 0 Å². The summed E-state index contributed by atoms with van der Waals surface area (Å²) in [5, 5.41) is 48.9. The van der Waals surface area contributed by atoms with Crippen LogP contribution in [0.15, 0.2) is 84.8 Å². The molecule has 0 bridgehead atoms. The van der Waals surface area contributed by atoms with Crippen molar-refractivity contribution >= 4 is 41.7 Å². The van der Waals surface area contributed by atoms with E-state index in [1.54, 1.807) is 17.1 Å². The van der Waals surface area contributed by atoms with Crippen LogP contribution in [0.25, 0.3) is 10.9 Å². The van der Waals surface area contributed by atoms with E-state index >= 15 is 0 Å². The highest BCUT2D eigenvalue weighted by Crippen LogP contribution is 2.43. The van der Waals surface area contributed by atoms with Gasteiger partial charge in [-0.25, -0.2) is 0 Å². The Morgan fingerprint density at radius 3 is 2.54 bits per heavy atom. The summed E-state index contributed by atoms with van der Waals surface area (Å²) in [6, 6.07) is 29.7. The van der Waals surface area contributed by atoms with Crippen molar-refractivity contribution in [2.75, 3.05) is 10.6 Å². The summed E-state index contributed by atoms with van der Waals surface area (Å²) >= 11 is 6.87. The van der Waals surface area contributed by atoms with Crippen LogP contribution in [0.3, 0.4) is 0 Å². The number of fused-ring (bicyclic) bond motifs is 1. The quantitative estimate of drug-likeness (QED) is 0.173. The van der Waals surface area contributed by atoms with Gasteiger partial charge in [0.2, 0.25) is 0 Å². The first kappa shape index (κ1) is 30.3. The van der Waals surface area contributed by atoms with Crippen LogP contribution in [0.1, 0.15) is 54.0 Å². The number of hydrogen-bond acceptors (Lipinski definition) is 10. The van der Waals surface area contributed by atoms with Crippen LogP contribution in [0, 0.1) is 45.3 Å². The molecule has 4 aromatic rings. The molecule has 0 radical (unpaired) electrons. The van der Waals surface area contributed by atoms with Crippen LogP contribution in [0.4, 0.5) is 11.4 Å². The summed E-state index contributed by atoms with van der Waals surface area (Å²) in [5.41, 5.74) is 9.90. The summed E-state index contributed by atoms with van der Waals surface area (Å²) in [6.07, 6.45) is 5.74. The summed E-state index contributed by atoms with van der Waals surface area (Å²) in [4.78, 5) is 4.52. The van der Waals surface area contributed by atoms with Crippen molar-refractivity contribution in [3.63, 3.8) is 0 Å². The summed E-state index contributed by atoms with van der Waals surface area (Å²) in [6.45, 7) is 0. The van der Waals surface area contributed by atoms with Gasteiger partial charge in [0.15, 0.2) is 0 Å². The summed E-state index contributed by atoms with van der Waals surface area (Å²) in [5.74, 6) is 0. The van der Waals surface area contributed by atoms with Crippen molar-refractivity contribution in [1.82, 2.24) is 21.0 Å². The second-order valence-electron chi connectivity index (χ2n) is 11.6. The van der Waals surface area contributed by atoms with E-state index in [1.807, 2.05) is 68.6 Å². The minimum absolute atomic E-state index is 0.243. The molecule has 0 spiro atoms. The number of nitrogens with one attached hydrogen (secondary N) is 4. The van der Waals surface area contributed by atoms with Crippen molar-refractivity contribution in [2.45, 2.75) is 42.7 Å². The molecule has 12 heteroatoms. The standard InChI is InChI=1S/C34H28BClN10/c35-34(25-9-4-6-22(14-25)17-38,30-20-46(45-44-30)33(21-40)11-12-33)43-26-15-27-31(24(18-39)19-41-32(27)28(36)16-26)42-29(10-5-13-37)23-7-2-1-3-8-23/h1-4,6-9,14-16,19-20,29,43-45H,5,10-12,35H2,(H,41,42)/t29-,34?/m1/s1. The fraction of sp³-hybridized carbons (Fsp3) is 0.206. The lowest BCUT2D eigenvalue weighted by Crippen LogP contribution is -2.47. The Hall–Kier alpha value is -5.72. The average molecular weight is 623 g/mol. The van der Waals surface area contributed by atoms with Crippen molar-refractivity contribution in [3.8, 4) is 24.3 Å². The van der Waals surface area contributed by atoms with Crippen molar-refractivity contribution in [2.24, 2.45) is 0 Å². The molecule has 0 saturated heterocycles. The predicted octanol–water partition coefficient (Wildman–Crippen LogP) is 5.21. The van der Waals surface area contributed by atoms with Gasteiger partial charge in [-0.3, -0.25) is 9.99 Å². The van der Waals surface area contributed by atoms with Gasteiger partial charge in [-0.2, -0.15) is 21.0 Å². The molecule has 1 aliphatic heterocycles. The number of hydrogen-bond donors (Lipinski definition) is 4. The minimum atomic E-state index is -0.926. The Labute approximate surface area is 272 Å². The van der Waals surface area contributed by atoms with E-state index in [9.17, 15) is 21.0 Å². The van der Waals surface area contributed by atoms with E-state index in [1.165, 1.54) is 6.20 Å². The third kappa shape index (κ3) is 5.62. The highest BCUT2D eigenvalue weighted by Gasteiger charge is 2.51. The lowest BCUT2D eigenvalue weighted by atomic mass is 9.69.